The van der Waals surface area contributed by atoms with Crippen molar-refractivity contribution in [1.29, 1.82) is 0 Å². The standard InChI is InChI=1S/C12H22N2O3S/c15-12(14-6-2-1-3-7-14)10-13-9-11-5-4-8-18(11,16)17/h11,13H,1-10H2. The molecule has 0 bridgehead atoms. The Morgan fingerprint density at radius 1 is 1.17 bits per heavy atom. The molecule has 6 heteroatoms. The van der Waals surface area contributed by atoms with Crippen LogP contribution in [0.15, 0.2) is 0 Å². The topological polar surface area (TPSA) is 66.5 Å². The fraction of sp³-hybridized carbons (Fsp3) is 0.917. The number of carbonyl (C=O) groups excluding carboxylic acids is 1. The Balaban J connectivity index is 1.70. The van der Waals surface area contributed by atoms with Crippen LogP contribution in [-0.4, -0.2) is 56.4 Å². The Labute approximate surface area is 109 Å². The molecule has 2 aliphatic heterocycles. The van der Waals surface area contributed by atoms with Crippen LogP contribution in [0.4, 0.5) is 0 Å². The van der Waals surface area contributed by atoms with Gasteiger partial charge in [0.25, 0.3) is 0 Å². The number of sulfone groups is 1. The molecule has 0 aromatic rings. The van der Waals surface area contributed by atoms with Crippen molar-refractivity contribution >= 4 is 15.7 Å². The summed E-state index contributed by atoms with van der Waals surface area (Å²) in [5.74, 6) is 0.407. The van der Waals surface area contributed by atoms with Gasteiger partial charge in [0.1, 0.15) is 0 Å². The summed E-state index contributed by atoms with van der Waals surface area (Å²) >= 11 is 0. The maximum absolute atomic E-state index is 11.8. The van der Waals surface area contributed by atoms with Gasteiger partial charge in [0.2, 0.25) is 5.91 Å². The second-order valence-electron chi connectivity index (χ2n) is 5.20. The predicted molar refractivity (Wildman–Crippen MR) is 70.1 cm³/mol. The van der Waals surface area contributed by atoms with Crippen LogP contribution in [0.3, 0.4) is 0 Å². The molecule has 2 saturated heterocycles. The number of hydrogen-bond acceptors (Lipinski definition) is 4. The summed E-state index contributed by atoms with van der Waals surface area (Å²) in [7, 11) is -2.90. The summed E-state index contributed by atoms with van der Waals surface area (Å²) in [4.78, 5) is 13.7. The molecule has 2 aliphatic rings. The Bertz CT molecular complexity index is 388. The van der Waals surface area contributed by atoms with Crippen LogP contribution in [0.1, 0.15) is 32.1 Å². The molecule has 0 saturated carbocycles. The van der Waals surface area contributed by atoms with Gasteiger partial charge in [0.15, 0.2) is 9.84 Å². The minimum absolute atomic E-state index is 0.102. The summed E-state index contributed by atoms with van der Waals surface area (Å²) in [5, 5.41) is 2.72. The molecule has 1 unspecified atom stereocenters. The highest BCUT2D eigenvalue weighted by Gasteiger charge is 2.30. The fourth-order valence-corrected chi connectivity index (χ4v) is 4.48. The molecule has 1 amide bonds. The Kier molecular flexibility index (Phi) is 4.61. The maximum atomic E-state index is 11.8. The molecule has 0 radical (unpaired) electrons. The smallest absolute Gasteiger partial charge is 0.236 e. The van der Waals surface area contributed by atoms with E-state index >= 15 is 0 Å². The summed E-state index contributed by atoms with van der Waals surface area (Å²) in [6.45, 7) is 2.39. The van der Waals surface area contributed by atoms with Gasteiger partial charge in [-0.1, -0.05) is 0 Å². The van der Waals surface area contributed by atoms with E-state index in [-0.39, 0.29) is 17.7 Å². The first-order valence-corrected chi connectivity index (χ1v) is 8.51. The number of amides is 1. The van der Waals surface area contributed by atoms with Crippen LogP contribution >= 0.6 is 0 Å². The highest BCUT2D eigenvalue weighted by atomic mass is 32.2. The van der Waals surface area contributed by atoms with Crippen LogP contribution < -0.4 is 5.32 Å². The third-order valence-electron chi connectivity index (χ3n) is 3.82. The highest BCUT2D eigenvalue weighted by molar-refractivity contribution is 7.92. The second-order valence-corrected chi connectivity index (χ2v) is 7.60. The molecule has 18 heavy (non-hydrogen) atoms. The van der Waals surface area contributed by atoms with Crippen LogP contribution in [0.25, 0.3) is 0 Å². The van der Waals surface area contributed by atoms with Crippen molar-refractivity contribution in [2.45, 2.75) is 37.4 Å². The first-order chi connectivity index (χ1) is 8.59. The SMILES string of the molecule is O=C(CNCC1CCCS1(=O)=O)N1CCCCC1. The van der Waals surface area contributed by atoms with Crippen LogP contribution in [0, 0.1) is 0 Å². The first-order valence-electron chi connectivity index (χ1n) is 6.80. The Hall–Kier alpha value is -0.620. The van der Waals surface area contributed by atoms with Crippen LogP contribution in [0.2, 0.25) is 0 Å². The number of hydrogen-bond donors (Lipinski definition) is 1. The lowest BCUT2D eigenvalue weighted by Gasteiger charge is -2.27. The average Bonchev–Trinajstić information content (AvgIpc) is 2.70. The Morgan fingerprint density at radius 3 is 2.50 bits per heavy atom. The molecule has 1 N–H and O–H groups in total. The van der Waals surface area contributed by atoms with E-state index in [1.54, 1.807) is 0 Å². The van der Waals surface area contributed by atoms with E-state index in [2.05, 4.69) is 5.32 Å². The molecular weight excluding hydrogens is 252 g/mol. The third kappa shape index (κ3) is 3.45. The first kappa shape index (κ1) is 13.8. The lowest BCUT2D eigenvalue weighted by Crippen LogP contribution is -2.43. The zero-order valence-electron chi connectivity index (χ0n) is 10.7. The van der Waals surface area contributed by atoms with E-state index in [0.717, 1.165) is 38.8 Å². The number of nitrogens with one attached hydrogen (secondary N) is 1. The summed E-state index contributed by atoms with van der Waals surface area (Å²) in [6.07, 6.45) is 4.87. The van der Waals surface area contributed by atoms with E-state index in [1.807, 2.05) is 4.90 Å². The van der Waals surface area contributed by atoms with E-state index in [9.17, 15) is 13.2 Å². The van der Waals surface area contributed by atoms with Crippen molar-refractivity contribution in [2.24, 2.45) is 0 Å². The van der Waals surface area contributed by atoms with Gasteiger partial charge in [0.05, 0.1) is 17.5 Å². The van der Waals surface area contributed by atoms with Crippen molar-refractivity contribution in [3.8, 4) is 0 Å². The van der Waals surface area contributed by atoms with E-state index in [4.69, 9.17) is 0 Å². The largest absolute Gasteiger partial charge is 0.342 e. The van der Waals surface area contributed by atoms with Gasteiger partial charge in [-0.05, 0) is 32.1 Å². The molecule has 2 fully saturated rings. The second kappa shape index (κ2) is 6.02. The molecular formula is C12H22N2O3S. The number of likely N-dealkylation sites (tertiary alicyclic amines) is 1. The van der Waals surface area contributed by atoms with Crippen molar-refractivity contribution in [3.63, 3.8) is 0 Å². The normalized spacial score (nSPS) is 27.3. The number of carbonyl (C=O) groups is 1. The minimum Gasteiger partial charge on any atom is -0.342 e. The number of piperidine rings is 1. The quantitative estimate of drug-likeness (QED) is 0.793. The van der Waals surface area contributed by atoms with Gasteiger partial charge in [-0.15, -0.1) is 0 Å². The summed E-state index contributed by atoms with van der Waals surface area (Å²) in [5.41, 5.74) is 0. The van der Waals surface area contributed by atoms with Gasteiger partial charge in [-0.3, -0.25) is 4.79 Å². The molecule has 0 aromatic heterocycles. The monoisotopic (exact) mass is 274 g/mol. The number of rotatable bonds is 4. The predicted octanol–water partition coefficient (Wildman–Crippen LogP) is 0.166. The third-order valence-corrected chi connectivity index (χ3v) is 6.10. The molecule has 104 valence electrons. The average molecular weight is 274 g/mol. The van der Waals surface area contributed by atoms with Gasteiger partial charge in [0, 0.05) is 19.6 Å². The molecule has 1 atom stereocenters. The maximum Gasteiger partial charge on any atom is 0.236 e. The van der Waals surface area contributed by atoms with Gasteiger partial charge < -0.3 is 10.2 Å². The van der Waals surface area contributed by atoms with Crippen molar-refractivity contribution in [2.75, 3.05) is 31.9 Å². The zero-order chi connectivity index (χ0) is 13.0. The fourth-order valence-electron chi connectivity index (χ4n) is 2.68. The van der Waals surface area contributed by atoms with Crippen molar-refractivity contribution < 1.29 is 13.2 Å². The lowest BCUT2D eigenvalue weighted by molar-refractivity contribution is -0.131. The molecule has 0 spiro atoms. The molecule has 0 aliphatic carbocycles. The molecule has 2 rings (SSSR count). The van der Waals surface area contributed by atoms with Crippen LogP contribution in [-0.2, 0) is 14.6 Å². The van der Waals surface area contributed by atoms with Gasteiger partial charge in [-0.25, -0.2) is 8.42 Å². The van der Waals surface area contributed by atoms with Crippen molar-refractivity contribution in [3.05, 3.63) is 0 Å². The lowest BCUT2D eigenvalue weighted by atomic mass is 10.1. The van der Waals surface area contributed by atoms with E-state index in [0.29, 0.717) is 12.3 Å². The van der Waals surface area contributed by atoms with Gasteiger partial charge in [-0.2, -0.15) is 0 Å². The van der Waals surface area contributed by atoms with E-state index in [1.165, 1.54) is 6.42 Å². The highest BCUT2D eigenvalue weighted by Crippen LogP contribution is 2.18. The summed E-state index contributed by atoms with van der Waals surface area (Å²) in [6, 6.07) is 0. The number of nitrogens with zero attached hydrogens (tertiary/aromatic N) is 1. The van der Waals surface area contributed by atoms with Gasteiger partial charge >= 0.3 is 0 Å². The molecule has 0 aromatic carbocycles. The van der Waals surface area contributed by atoms with Crippen molar-refractivity contribution in [1.82, 2.24) is 10.2 Å². The zero-order valence-corrected chi connectivity index (χ0v) is 11.5. The van der Waals surface area contributed by atoms with Crippen LogP contribution in [0.5, 0.6) is 0 Å². The minimum atomic E-state index is -2.90. The van der Waals surface area contributed by atoms with E-state index < -0.39 is 9.84 Å². The molecule has 5 nitrogen and oxygen atoms in total. The Morgan fingerprint density at radius 2 is 1.89 bits per heavy atom. The summed E-state index contributed by atoms with van der Waals surface area (Å²) < 4.78 is 23.2. The molecule has 2 heterocycles.